The zero-order valence-corrected chi connectivity index (χ0v) is 15.3. The van der Waals surface area contributed by atoms with Crippen LogP contribution in [-0.4, -0.2) is 40.9 Å². The largest absolute Gasteiger partial charge is 0.356 e. The van der Waals surface area contributed by atoms with E-state index in [4.69, 9.17) is 0 Å². The molecule has 25 heavy (non-hydrogen) atoms. The molecule has 0 bridgehead atoms. The number of piperidine rings is 1. The normalized spacial score (nSPS) is 17.9. The molecule has 1 N–H and O–H groups in total. The Kier molecular flexibility index (Phi) is 5.11. The van der Waals surface area contributed by atoms with Gasteiger partial charge in [-0.05, 0) is 30.9 Å². The van der Waals surface area contributed by atoms with Crippen LogP contribution in [-0.2, 0) is 11.8 Å². The number of para-hydroxylation sites is 1. The number of amides is 2. The van der Waals surface area contributed by atoms with Gasteiger partial charge in [-0.3, -0.25) is 9.59 Å². The lowest BCUT2D eigenvalue weighted by molar-refractivity contribution is -0.124. The Morgan fingerprint density at radius 3 is 2.76 bits per heavy atom. The van der Waals surface area contributed by atoms with Crippen LogP contribution < -0.4 is 5.32 Å². The summed E-state index contributed by atoms with van der Waals surface area (Å²) in [6.45, 7) is 5.93. The fourth-order valence-electron chi connectivity index (χ4n) is 3.52. The van der Waals surface area contributed by atoms with E-state index in [0.717, 1.165) is 36.0 Å². The van der Waals surface area contributed by atoms with Gasteiger partial charge < -0.3 is 14.8 Å². The van der Waals surface area contributed by atoms with E-state index in [-0.39, 0.29) is 17.7 Å². The van der Waals surface area contributed by atoms with Crippen LogP contribution in [0.3, 0.4) is 0 Å². The smallest absolute Gasteiger partial charge is 0.270 e. The minimum Gasteiger partial charge on any atom is -0.356 e. The molecule has 2 amide bonds. The third kappa shape index (κ3) is 3.70. The summed E-state index contributed by atoms with van der Waals surface area (Å²) in [6.07, 6.45) is 2.04. The first-order valence-corrected chi connectivity index (χ1v) is 9.09. The molecule has 0 saturated carbocycles. The molecule has 0 unspecified atom stereocenters. The van der Waals surface area contributed by atoms with Crippen molar-refractivity contribution >= 4 is 22.7 Å². The molecule has 1 aromatic carbocycles. The number of carbonyl (C=O) groups excluding carboxylic acids is 2. The number of rotatable bonds is 4. The molecule has 2 heterocycles. The summed E-state index contributed by atoms with van der Waals surface area (Å²) in [5, 5.41) is 4.09. The molecule has 1 saturated heterocycles. The Hall–Kier alpha value is -2.30. The van der Waals surface area contributed by atoms with E-state index in [1.54, 1.807) is 0 Å². The van der Waals surface area contributed by atoms with E-state index in [2.05, 4.69) is 5.32 Å². The molecular formula is C20H27N3O2. The Morgan fingerprint density at radius 1 is 1.28 bits per heavy atom. The third-order valence-corrected chi connectivity index (χ3v) is 5.07. The van der Waals surface area contributed by atoms with Crippen molar-refractivity contribution in [2.24, 2.45) is 18.9 Å². The first-order valence-electron chi connectivity index (χ1n) is 9.09. The Bertz CT molecular complexity index is 778. The summed E-state index contributed by atoms with van der Waals surface area (Å²) in [5.74, 6) is 0.489. The number of nitrogens with one attached hydrogen (secondary N) is 1. The highest BCUT2D eigenvalue weighted by molar-refractivity contribution is 5.98. The van der Waals surface area contributed by atoms with Crippen LogP contribution in [0.1, 0.15) is 37.2 Å². The van der Waals surface area contributed by atoms with Gasteiger partial charge in [-0.25, -0.2) is 0 Å². The number of hydrogen-bond donors (Lipinski definition) is 1. The Morgan fingerprint density at radius 2 is 2.04 bits per heavy atom. The lowest BCUT2D eigenvalue weighted by Crippen LogP contribution is -2.44. The Labute approximate surface area is 149 Å². The van der Waals surface area contributed by atoms with Crippen molar-refractivity contribution in [1.29, 1.82) is 0 Å². The van der Waals surface area contributed by atoms with Gasteiger partial charge in [-0.1, -0.05) is 32.0 Å². The molecule has 0 spiro atoms. The summed E-state index contributed by atoms with van der Waals surface area (Å²) in [7, 11) is 1.94. The minimum atomic E-state index is -0.00266. The van der Waals surface area contributed by atoms with Crippen molar-refractivity contribution in [3.8, 4) is 0 Å². The van der Waals surface area contributed by atoms with Crippen molar-refractivity contribution < 1.29 is 9.59 Å². The second-order valence-corrected chi connectivity index (χ2v) is 7.31. The van der Waals surface area contributed by atoms with Crippen LogP contribution in [0.4, 0.5) is 0 Å². The topological polar surface area (TPSA) is 54.3 Å². The van der Waals surface area contributed by atoms with E-state index in [1.165, 1.54) is 0 Å². The first kappa shape index (κ1) is 17.5. The van der Waals surface area contributed by atoms with Gasteiger partial charge in [0.2, 0.25) is 5.91 Å². The van der Waals surface area contributed by atoms with Gasteiger partial charge in [0.1, 0.15) is 5.69 Å². The van der Waals surface area contributed by atoms with Gasteiger partial charge in [0.25, 0.3) is 5.91 Å². The fraction of sp³-hybridized carbons (Fsp3) is 0.500. The molecular weight excluding hydrogens is 314 g/mol. The third-order valence-electron chi connectivity index (χ3n) is 5.07. The van der Waals surface area contributed by atoms with Gasteiger partial charge in [-0.2, -0.15) is 0 Å². The lowest BCUT2D eigenvalue weighted by Gasteiger charge is -2.33. The summed E-state index contributed by atoms with van der Waals surface area (Å²) in [4.78, 5) is 26.7. The molecule has 134 valence electrons. The standard InChI is InChI=1S/C20H27N3O2/c1-14(2)19(24)21-12-15-7-6-10-23(13-15)20(25)18-11-16-8-4-5-9-17(16)22(18)3/h4-5,8-9,11,14-15H,6-7,10,12-13H2,1-3H3,(H,21,24)/t15-/m1/s1. The molecule has 5 nitrogen and oxygen atoms in total. The van der Waals surface area contributed by atoms with Gasteiger partial charge in [0.05, 0.1) is 0 Å². The molecule has 1 fully saturated rings. The second-order valence-electron chi connectivity index (χ2n) is 7.31. The average molecular weight is 341 g/mol. The number of likely N-dealkylation sites (tertiary alicyclic amines) is 1. The van der Waals surface area contributed by atoms with Gasteiger partial charge >= 0.3 is 0 Å². The van der Waals surface area contributed by atoms with E-state index in [0.29, 0.717) is 19.0 Å². The van der Waals surface area contributed by atoms with Crippen LogP contribution in [0.2, 0.25) is 0 Å². The van der Waals surface area contributed by atoms with Crippen LogP contribution in [0.25, 0.3) is 10.9 Å². The first-order chi connectivity index (χ1) is 12.0. The minimum absolute atomic E-state index is 0.00266. The number of hydrogen-bond acceptors (Lipinski definition) is 2. The fourth-order valence-corrected chi connectivity index (χ4v) is 3.52. The number of aromatic nitrogens is 1. The summed E-state index contributed by atoms with van der Waals surface area (Å²) >= 11 is 0. The maximum Gasteiger partial charge on any atom is 0.270 e. The van der Waals surface area contributed by atoms with Crippen molar-refractivity contribution in [1.82, 2.24) is 14.8 Å². The number of benzene rings is 1. The highest BCUT2D eigenvalue weighted by Gasteiger charge is 2.26. The summed E-state index contributed by atoms with van der Waals surface area (Å²) in [6, 6.07) is 10.0. The van der Waals surface area contributed by atoms with E-state index >= 15 is 0 Å². The molecule has 0 aliphatic carbocycles. The summed E-state index contributed by atoms with van der Waals surface area (Å²) < 4.78 is 1.97. The number of nitrogens with zero attached hydrogens (tertiary/aromatic N) is 2. The molecule has 5 heteroatoms. The molecule has 0 radical (unpaired) electrons. The quantitative estimate of drug-likeness (QED) is 0.930. The second kappa shape index (κ2) is 7.30. The van der Waals surface area contributed by atoms with Crippen LogP contribution in [0.15, 0.2) is 30.3 Å². The molecule has 3 rings (SSSR count). The average Bonchev–Trinajstić information content (AvgIpc) is 2.96. The maximum absolute atomic E-state index is 13.0. The van der Waals surface area contributed by atoms with Crippen LogP contribution in [0, 0.1) is 11.8 Å². The zero-order chi connectivity index (χ0) is 18.0. The molecule has 1 aliphatic rings. The highest BCUT2D eigenvalue weighted by atomic mass is 16.2. The van der Waals surface area contributed by atoms with Gasteiger partial charge in [-0.15, -0.1) is 0 Å². The SMILES string of the molecule is CC(C)C(=O)NC[C@H]1CCCN(C(=O)c2cc3ccccc3n2C)C1. The predicted octanol–water partition coefficient (Wildman–Crippen LogP) is 2.80. The number of aryl methyl sites for hydroxylation is 1. The van der Waals surface area contributed by atoms with E-state index in [1.807, 2.05) is 60.7 Å². The summed E-state index contributed by atoms with van der Waals surface area (Å²) in [5.41, 5.74) is 1.80. The number of carbonyl (C=O) groups is 2. The van der Waals surface area contributed by atoms with Crippen molar-refractivity contribution in [2.75, 3.05) is 19.6 Å². The van der Waals surface area contributed by atoms with E-state index in [9.17, 15) is 9.59 Å². The van der Waals surface area contributed by atoms with Crippen molar-refractivity contribution in [2.45, 2.75) is 26.7 Å². The number of fused-ring (bicyclic) bond motifs is 1. The van der Waals surface area contributed by atoms with Crippen LogP contribution in [0.5, 0.6) is 0 Å². The van der Waals surface area contributed by atoms with Gasteiger partial charge in [0, 0.05) is 43.5 Å². The molecule has 1 aromatic heterocycles. The lowest BCUT2D eigenvalue weighted by atomic mass is 9.97. The van der Waals surface area contributed by atoms with Gasteiger partial charge in [0.15, 0.2) is 0 Å². The van der Waals surface area contributed by atoms with Crippen LogP contribution >= 0.6 is 0 Å². The Balaban J connectivity index is 1.69. The predicted molar refractivity (Wildman–Crippen MR) is 99.4 cm³/mol. The molecule has 2 aromatic rings. The zero-order valence-electron chi connectivity index (χ0n) is 15.3. The van der Waals surface area contributed by atoms with Crippen molar-refractivity contribution in [3.05, 3.63) is 36.0 Å². The van der Waals surface area contributed by atoms with Crippen molar-refractivity contribution in [3.63, 3.8) is 0 Å². The molecule has 1 aliphatic heterocycles. The molecule has 1 atom stereocenters. The maximum atomic E-state index is 13.0. The monoisotopic (exact) mass is 341 g/mol. The highest BCUT2D eigenvalue weighted by Crippen LogP contribution is 2.22. The van der Waals surface area contributed by atoms with E-state index < -0.39 is 0 Å².